The maximum Gasteiger partial charge on any atom is 0.194 e. The first-order valence-corrected chi connectivity index (χ1v) is 10.6. The average molecular weight is 433 g/mol. The number of amidine groups is 1. The van der Waals surface area contributed by atoms with Crippen LogP contribution in [-0.4, -0.2) is 35.8 Å². The fraction of sp³-hybridized carbons (Fsp3) is 0.292. The monoisotopic (exact) mass is 433 g/mol. The van der Waals surface area contributed by atoms with Crippen molar-refractivity contribution in [2.24, 2.45) is 9.98 Å². The van der Waals surface area contributed by atoms with Gasteiger partial charge >= 0.3 is 0 Å². The van der Waals surface area contributed by atoms with Crippen LogP contribution >= 0.6 is 0 Å². The van der Waals surface area contributed by atoms with Gasteiger partial charge in [-0.05, 0) is 60.0 Å². The molecule has 0 saturated heterocycles. The number of fused-ring (bicyclic) bond motifs is 3. The van der Waals surface area contributed by atoms with E-state index >= 15 is 0 Å². The van der Waals surface area contributed by atoms with Gasteiger partial charge in [0.25, 0.3) is 0 Å². The minimum Gasteiger partial charge on any atom is -0.447 e. The van der Waals surface area contributed by atoms with Crippen LogP contribution in [0.1, 0.15) is 30.7 Å². The van der Waals surface area contributed by atoms with E-state index in [4.69, 9.17) is 9.73 Å². The number of nitrogens with one attached hydrogen (secondary N) is 1. The number of halogens is 2. The third-order valence-corrected chi connectivity index (χ3v) is 5.97. The Hall–Kier alpha value is -3.73. The third kappa shape index (κ3) is 3.82. The van der Waals surface area contributed by atoms with Crippen LogP contribution < -0.4 is 5.32 Å². The highest BCUT2D eigenvalue weighted by Crippen LogP contribution is 2.45. The van der Waals surface area contributed by atoms with Crippen molar-refractivity contribution < 1.29 is 13.5 Å². The van der Waals surface area contributed by atoms with Crippen LogP contribution in [0.2, 0.25) is 0 Å². The summed E-state index contributed by atoms with van der Waals surface area (Å²) in [7, 11) is 0. The lowest BCUT2D eigenvalue weighted by atomic mass is 9.96. The Bertz CT molecular complexity index is 1170. The van der Waals surface area contributed by atoms with Crippen LogP contribution in [0.15, 0.2) is 75.7 Å². The Balaban J connectivity index is 1.48. The van der Waals surface area contributed by atoms with Crippen LogP contribution in [0, 0.1) is 23.1 Å². The minimum atomic E-state index is -0.593. The number of hydrogen-bond donors (Lipinski definition) is 1. The molecule has 3 heterocycles. The minimum absolute atomic E-state index is 0.128. The van der Waals surface area contributed by atoms with Gasteiger partial charge in [0.15, 0.2) is 12.1 Å². The van der Waals surface area contributed by atoms with Crippen molar-refractivity contribution in [3.05, 3.63) is 82.9 Å². The van der Waals surface area contributed by atoms with Gasteiger partial charge in [-0.3, -0.25) is 4.99 Å². The lowest BCUT2D eigenvalue weighted by Crippen LogP contribution is -2.29. The lowest BCUT2D eigenvalue weighted by Gasteiger charge is -2.27. The van der Waals surface area contributed by atoms with Crippen molar-refractivity contribution in [1.82, 2.24) is 10.2 Å². The van der Waals surface area contributed by atoms with Gasteiger partial charge < -0.3 is 10.1 Å². The molecule has 0 fully saturated rings. The van der Waals surface area contributed by atoms with Gasteiger partial charge in [-0.25, -0.2) is 18.7 Å². The molecule has 0 saturated carbocycles. The zero-order valence-electron chi connectivity index (χ0n) is 17.3. The summed E-state index contributed by atoms with van der Waals surface area (Å²) in [6.07, 6.45) is 13.0. The highest BCUT2D eigenvalue weighted by Gasteiger charge is 2.37. The fourth-order valence-electron chi connectivity index (χ4n) is 4.46. The zero-order valence-corrected chi connectivity index (χ0v) is 17.3. The second kappa shape index (κ2) is 8.42. The van der Waals surface area contributed by atoms with E-state index in [-0.39, 0.29) is 12.0 Å². The quantitative estimate of drug-likeness (QED) is 0.679. The van der Waals surface area contributed by atoms with Crippen LogP contribution in [0.5, 0.6) is 0 Å². The summed E-state index contributed by atoms with van der Waals surface area (Å²) in [4.78, 5) is 10.7. The first-order chi connectivity index (χ1) is 15.6. The molecule has 1 aromatic rings. The molecular formula is C24H21F2N5O. The van der Waals surface area contributed by atoms with E-state index in [0.29, 0.717) is 43.2 Å². The van der Waals surface area contributed by atoms with Crippen LogP contribution in [0.3, 0.4) is 0 Å². The van der Waals surface area contributed by atoms with Crippen molar-refractivity contribution in [1.29, 1.82) is 5.26 Å². The predicted octanol–water partition coefficient (Wildman–Crippen LogP) is 4.04. The average Bonchev–Trinajstić information content (AvgIpc) is 3.20. The van der Waals surface area contributed by atoms with Gasteiger partial charge in [0.05, 0.1) is 12.6 Å². The van der Waals surface area contributed by atoms with Crippen LogP contribution in [-0.2, 0) is 4.74 Å². The second-order valence-corrected chi connectivity index (χ2v) is 7.98. The maximum absolute atomic E-state index is 14.6. The van der Waals surface area contributed by atoms with Crippen molar-refractivity contribution in [3.63, 3.8) is 0 Å². The van der Waals surface area contributed by atoms with E-state index < -0.39 is 11.6 Å². The molecule has 162 valence electrons. The Kier molecular flexibility index (Phi) is 5.31. The Morgan fingerprint density at radius 2 is 2.19 bits per heavy atom. The number of aliphatic imine (C=N–C) groups is 2. The van der Waals surface area contributed by atoms with Crippen molar-refractivity contribution >= 4 is 11.7 Å². The van der Waals surface area contributed by atoms with E-state index in [1.54, 1.807) is 6.20 Å². The number of benzene rings is 1. The van der Waals surface area contributed by atoms with E-state index in [1.807, 2.05) is 24.4 Å². The molecule has 1 aromatic carbocycles. The van der Waals surface area contributed by atoms with Gasteiger partial charge in [-0.1, -0.05) is 6.07 Å². The molecule has 0 radical (unpaired) electrons. The van der Waals surface area contributed by atoms with Gasteiger partial charge in [-0.15, -0.1) is 0 Å². The molecule has 32 heavy (non-hydrogen) atoms. The summed E-state index contributed by atoms with van der Waals surface area (Å²) >= 11 is 0. The molecule has 5 rings (SSSR count). The van der Waals surface area contributed by atoms with Crippen molar-refractivity contribution in [2.45, 2.75) is 31.2 Å². The predicted molar refractivity (Wildman–Crippen MR) is 116 cm³/mol. The van der Waals surface area contributed by atoms with Gasteiger partial charge in [0.1, 0.15) is 23.2 Å². The number of ether oxygens (including phenoxy) is 1. The summed E-state index contributed by atoms with van der Waals surface area (Å²) in [5.41, 5.74) is 2.41. The number of rotatable bonds is 1. The largest absolute Gasteiger partial charge is 0.447 e. The van der Waals surface area contributed by atoms with E-state index in [9.17, 15) is 14.0 Å². The Morgan fingerprint density at radius 1 is 1.28 bits per heavy atom. The molecule has 4 bridgehead atoms. The van der Waals surface area contributed by atoms with Crippen molar-refractivity contribution in [2.75, 3.05) is 13.1 Å². The molecule has 3 aliphatic heterocycles. The van der Waals surface area contributed by atoms with Gasteiger partial charge in [-0.2, -0.15) is 5.26 Å². The number of nitriles is 1. The van der Waals surface area contributed by atoms with Gasteiger partial charge in [0, 0.05) is 31.1 Å². The number of hydrogen-bond acceptors (Lipinski definition) is 6. The van der Waals surface area contributed by atoms with Crippen LogP contribution in [0.4, 0.5) is 8.78 Å². The highest BCUT2D eigenvalue weighted by atomic mass is 19.1. The van der Waals surface area contributed by atoms with E-state index in [2.05, 4.69) is 16.5 Å². The number of nitrogens with zero attached hydrogens (tertiary/aromatic N) is 4. The highest BCUT2D eigenvalue weighted by molar-refractivity contribution is 5.98. The number of allylic oxidation sites excluding steroid dienone is 2. The summed E-state index contributed by atoms with van der Waals surface area (Å²) in [6, 6.07) is 3.58. The lowest BCUT2D eigenvalue weighted by molar-refractivity contribution is 0.349. The summed E-state index contributed by atoms with van der Waals surface area (Å²) in [5.74, 6) is 0.383. The van der Waals surface area contributed by atoms with E-state index in [1.165, 1.54) is 17.0 Å². The molecule has 0 amide bonds. The molecule has 2 atom stereocenters. The Labute approximate surface area is 184 Å². The summed E-state index contributed by atoms with van der Waals surface area (Å²) < 4.78 is 34.3. The molecule has 1 aliphatic carbocycles. The molecule has 0 aromatic heterocycles. The van der Waals surface area contributed by atoms with Crippen molar-refractivity contribution in [3.8, 4) is 6.19 Å². The fourth-order valence-corrected chi connectivity index (χ4v) is 4.46. The standard InChI is InChI=1S/C24H21F2N5O/c25-16-2-3-17(20(26)12-16)18-4-5-19-21-13-28-7-1-8-29-22-10-15(6-9-31(22)14-27)11-23(30-21)32-24(18)19/h1-3,6-7,9-10,12,18,21,28H,4-5,8,11,13H2/b7-1+,29-22-. The maximum atomic E-state index is 14.6. The first kappa shape index (κ1) is 20.2. The first-order valence-electron chi connectivity index (χ1n) is 10.6. The smallest absolute Gasteiger partial charge is 0.194 e. The SMILES string of the molecule is N#CN1C=CC2=C/C1=N/C/C=C/NCC1N=C(C2)OC2=C1CCC2c1ccc(F)cc1F. The molecule has 0 spiro atoms. The zero-order chi connectivity index (χ0) is 22.1. The van der Waals surface area contributed by atoms with Gasteiger partial charge in [0.2, 0.25) is 0 Å². The molecular weight excluding hydrogens is 412 g/mol. The second-order valence-electron chi connectivity index (χ2n) is 7.98. The third-order valence-electron chi connectivity index (χ3n) is 5.97. The molecule has 2 unspecified atom stereocenters. The molecule has 6 nitrogen and oxygen atoms in total. The topological polar surface area (TPSA) is 73.0 Å². The summed E-state index contributed by atoms with van der Waals surface area (Å²) in [5, 5.41) is 12.6. The normalized spacial score (nSPS) is 27.2. The van der Waals surface area contributed by atoms with E-state index in [0.717, 1.165) is 29.4 Å². The Morgan fingerprint density at radius 3 is 3.03 bits per heavy atom. The van der Waals surface area contributed by atoms with Crippen LogP contribution in [0.25, 0.3) is 0 Å². The molecule has 8 heteroatoms. The molecule has 4 aliphatic rings. The summed E-state index contributed by atoms with van der Waals surface area (Å²) in [6.45, 7) is 1.02. The molecule has 1 N–H and O–H groups in total.